The van der Waals surface area contributed by atoms with E-state index in [1.807, 2.05) is 11.4 Å². The molecule has 0 aromatic carbocycles. The van der Waals surface area contributed by atoms with Gasteiger partial charge in [0.25, 0.3) is 0 Å². The normalized spacial score (nSPS) is 17.3. The Morgan fingerprint density at radius 3 is 2.86 bits per heavy atom. The molecule has 0 atom stereocenters. The van der Waals surface area contributed by atoms with E-state index in [2.05, 4.69) is 21.5 Å². The maximum atomic E-state index is 12.4. The Morgan fingerprint density at radius 2 is 2.23 bits per heavy atom. The smallest absolute Gasteiger partial charge is 0.223 e. The van der Waals surface area contributed by atoms with Crippen molar-refractivity contribution in [3.8, 4) is 0 Å². The van der Waals surface area contributed by atoms with Gasteiger partial charge in [0.2, 0.25) is 11.8 Å². The maximum Gasteiger partial charge on any atom is 0.223 e. The van der Waals surface area contributed by atoms with E-state index in [1.165, 1.54) is 11.3 Å². The molecule has 0 spiro atoms. The number of aryl methyl sites for hydroxylation is 2. The SMILES string of the molecule is Cc1nc(C2(NC(=O)CCc3cccs3)CCCCC2)no1. The number of nitrogens with zero attached hydrogens (tertiary/aromatic N) is 2. The molecule has 1 aliphatic carbocycles. The minimum absolute atomic E-state index is 0.0674. The third-order valence-electron chi connectivity index (χ3n) is 4.22. The quantitative estimate of drug-likeness (QED) is 0.917. The zero-order chi connectivity index (χ0) is 15.4. The molecule has 1 fully saturated rings. The van der Waals surface area contributed by atoms with Crippen LogP contribution in [-0.2, 0) is 16.8 Å². The second kappa shape index (κ2) is 6.60. The molecule has 0 unspecified atom stereocenters. The Labute approximate surface area is 134 Å². The van der Waals surface area contributed by atoms with Gasteiger partial charge in [0.05, 0.1) is 0 Å². The number of hydrogen-bond donors (Lipinski definition) is 1. The van der Waals surface area contributed by atoms with E-state index in [0.29, 0.717) is 18.1 Å². The predicted octanol–water partition coefficient (Wildman–Crippen LogP) is 3.35. The molecular weight excluding hydrogens is 298 g/mol. The van der Waals surface area contributed by atoms with Crippen LogP contribution in [0.4, 0.5) is 0 Å². The van der Waals surface area contributed by atoms with Crippen molar-refractivity contribution in [2.75, 3.05) is 0 Å². The second-order valence-corrected chi connectivity index (χ2v) is 6.94. The van der Waals surface area contributed by atoms with Gasteiger partial charge in [-0.2, -0.15) is 4.98 Å². The van der Waals surface area contributed by atoms with E-state index in [1.54, 1.807) is 18.3 Å². The van der Waals surface area contributed by atoms with Crippen LogP contribution in [0.3, 0.4) is 0 Å². The molecule has 0 aliphatic heterocycles. The van der Waals surface area contributed by atoms with Crippen LogP contribution in [0.2, 0.25) is 0 Å². The summed E-state index contributed by atoms with van der Waals surface area (Å²) in [6.45, 7) is 1.78. The third-order valence-corrected chi connectivity index (χ3v) is 5.16. The highest BCUT2D eigenvalue weighted by Gasteiger charge is 2.39. The summed E-state index contributed by atoms with van der Waals surface area (Å²) in [5.74, 6) is 1.25. The highest BCUT2D eigenvalue weighted by Crippen LogP contribution is 2.35. The molecule has 3 rings (SSSR count). The highest BCUT2D eigenvalue weighted by atomic mass is 32.1. The van der Waals surface area contributed by atoms with Crippen LogP contribution >= 0.6 is 11.3 Å². The number of rotatable bonds is 5. The fourth-order valence-corrected chi connectivity index (χ4v) is 3.78. The standard InChI is InChI=1S/C16H21N3O2S/c1-12-17-15(19-21-12)16(9-3-2-4-10-16)18-14(20)8-7-13-6-5-11-22-13/h5-6,11H,2-4,7-10H2,1H3,(H,18,20). The van der Waals surface area contributed by atoms with E-state index < -0.39 is 5.54 Å². The zero-order valence-electron chi connectivity index (χ0n) is 12.8. The van der Waals surface area contributed by atoms with E-state index in [-0.39, 0.29) is 5.91 Å². The molecule has 1 saturated carbocycles. The predicted molar refractivity (Wildman–Crippen MR) is 84.6 cm³/mol. The van der Waals surface area contributed by atoms with Crippen molar-refractivity contribution in [2.45, 2.75) is 57.4 Å². The summed E-state index contributed by atoms with van der Waals surface area (Å²) < 4.78 is 5.13. The van der Waals surface area contributed by atoms with Crippen molar-refractivity contribution in [3.05, 3.63) is 34.1 Å². The van der Waals surface area contributed by atoms with Crippen LogP contribution in [0.25, 0.3) is 0 Å². The van der Waals surface area contributed by atoms with Gasteiger partial charge in [0, 0.05) is 18.2 Å². The molecule has 0 bridgehead atoms. The lowest BCUT2D eigenvalue weighted by molar-refractivity contribution is -0.123. The van der Waals surface area contributed by atoms with Crippen LogP contribution in [0.5, 0.6) is 0 Å². The first kappa shape index (κ1) is 15.2. The molecule has 1 aliphatic rings. The van der Waals surface area contributed by atoms with Gasteiger partial charge < -0.3 is 9.84 Å². The molecule has 1 N–H and O–H groups in total. The Bertz CT molecular complexity index is 615. The summed E-state index contributed by atoms with van der Waals surface area (Å²) in [7, 11) is 0. The Balaban J connectivity index is 1.68. The zero-order valence-corrected chi connectivity index (χ0v) is 13.6. The Morgan fingerprint density at radius 1 is 1.41 bits per heavy atom. The average molecular weight is 319 g/mol. The topological polar surface area (TPSA) is 68.0 Å². The maximum absolute atomic E-state index is 12.4. The summed E-state index contributed by atoms with van der Waals surface area (Å²) in [6.07, 6.45) is 6.42. The molecule has 2 aromatic heterocycles. The van der Waals surface area contributed by atoms with Crippen molar-refractivity contribution < 1.29 is 9.32 Å². The first-order valence-electron chi connectivity index (χ1n) is 7.82. The molecule has 22 heavy (non-hydrogen) atoms. The first-order chi connectivity index (χ1) is 10.7. The van der Waals surface area contributed by atoms with Gasteiger partial charge >= 0.3 is 0 Å². The van der Waals surface area contributed by atoms with Gasteiger partial charge in [0.1, 0.15) is 5.54 Å². The van der Waals surface area contributed by atoms with E-state index >= 15 is 0 Å². The number of aromatic nitrogens is 2. The average Bonchev–Trinajstić information content (AvgIpc) is 3.17. The third kappa shape index (κ3) is 3.38. The molecule has 0 radical (unpaired) electrons. The summed E-state index contributed by atoms with van der Waals surface area (Å²) in [6, 6.07) is 4.08. The summed E-state index contributed by atoms with van der Waals surface area (Å²) in [5, 5.41) is 9.32. The number of hydrogen-bond acceptors (Lipinski definition) is 5. The van der Waals surface area contributed by atoms with Gasteiger partial charge in [-0.25, -0.2) is 0 Å². The number of nitrogens with one attached hydrogen (secondary N) is 1. The lowest BCUT2D eigenvalue weighted by Crippen LogP contribution is -2.48. The lowest BCUT2D eigenvalue weighted by atomic mass is 9.81. The summed E-state index contributed by atoms with van der Waals surface area (Å²) >= 11 is 1.69. The summed E-state index contributed by atoms with van der Waals surface area (Å²) in [4.78, 5) is 18.0. The highest BCUT2D eigenvalue weighted by molar-refractivity contribution is 7.09. The first-order valence-corrected chi connectivity index (χ1v) is 8.70. The fraction of sp³-hybridized carbons (Fsp3) is 0.562. The van der Waals surface area contributed by atoms with Crippen molar-refractivity contribution in [3.63, 3.8) is 0 Å². The monoisotopic (exact) mass is 319 g/mol. The molecule has 5 nitrogen and oxygen atoms in total. The van der Waals surface area contributed by atoms with Crippen LogP contribution in [0.15, 0.2) is 22.0 Å². The summed E-state index contributed by atoms with van der Waals surface area (Å²) in [5.41, 5.74) is -0.442. The van der Waals surface area contributed by atoms with Crippen molar-refractivity contribution >= 4 is 17.2 Å². The minimum atomic E-state index is -0.442. The van der Waals surface area contributed by atoms with E-state index in [4.69, 9.17) is 4.52 Å². The minimum Gasteiger partial charge on any atom is -0.343 e. The van der Waals surface area contributed by atoms with Crippen molar-refractivity contribution in [1.82, 2.24) is 15.5 Å². The van der Waals surface area contributed by atoms with Gasteiger partial charge in [-0.1, -0.05) is 30.5 Å². The van der Waals surface area contributed by atoms with E-state index in [9.17, 15) is 4.79 Å². The lowest BCUT2D eigenvalue weighted by Gasteiger charge is -2.35. The Hall–Kier alpha value is -1.69. The second-order valence-electron chi connectivity index (χ2n) is 5.91. The number of amides is 1. The molecule has 0 saturated heterocycles. The van der Waals surface area contributed by atoms with Crippen LogP contribution < -0.4 is 5.32 Å². The fourth-order valence-electron chi connectivity index (χ4n) is 3.07. The molecule has 118 valence electrons. The van der Waals surface area contributed by atoms with Crippen LogP contribution in [-0.4, -0.2) is 16.0 Å². The largest absolute Gasteiger partial charge is 0.343 e. The van der Waals surface area contributed by atoms with Crippen molar-refractivity contribution in [2.24, 2.45) is 0 Å². The van der Waals surface area contributed by atoms with Crippen LogP contribution in [0.1, 0.15) is 55.1 Å². The van der Waals surface area contributed by atoms with Gasteiger partial charge in [-0.05, 0) is 30.7 Å². The van der Waals surface area contributed by atoms with Crippen LogP contribution in [0, 0.1) is 6.92 Å². The number of carbonyl (C=O) groups is 1. The molecular formula is C16H21N3O2S. The molecule has 6 heteroatoms. The van der Waals surface area contributed by atoms with Gasteiger partial charge in [-0.3, -0.25) is 4.79 Å². The Kier molecular flexibility index (Phi) is 4.57. The number of carbonyl (C=O) groups excluding carboxylic acids is 1. The van der Waals surface area contributed by atoms with Crippen molar-refractivity contribution in [1.29, 1.82) is 0 Å². The molecule has 1 amide bonds. The van der Waals surface area contributed by atoms with E-state index in [0.717, 1.165) is 32.1 Å². The molecule has 2 heterocycles. The number of thiophene rings is 1. The van der Waals surface area contributed by atoms with Gasteiger partial charge in [-0.15, -0.1) is 11.3 Å². The van der Waals surface area contributed by atoms with Gasteiger partial charge in [0.15, 0.2) is 5.82 Å². The molecule has 2 aromatic rings.